The van der Waals surface area contributed by atoms with Crippen molar-refractivity contribution in [3.05, 3.63) is 218 Å². The van der Waals surface area contributed by atoms with Crippen molar-refractivity contribution in [2.45, 2.75) is 0 Å². The molecule has 2 aromatic heterocycles. The van der Waals surface area contributed by atoms with Crippen molar-refractivity contribution in [1.82, 2.24) is 4.57 Å². The Morgan fingerprint density at radius 3 is 1.66 bits per heavy atom. The molecule has 3 heteroatoms. The smallest absolute Gasteiger partial charge is 0.143 e. The maximum atomic E-state index is 6.82. The second kappa shape index (κ2) is 13.4. The van der Waals surface area contributed by atoms with E-state index in [0.717, 1.165) is 50.4 Å². The van der Waals surface area contributed by atoms with Crippen LogP contribution < -0.4 is 4.90 Å². The van der Waals surface area contributed by atoms with E-state index in [1.165, 1.54) is 59.9 Å². The molecule has 2 heterocycles. The van der Waals surface area contributed by atoms with Gasteiger partial charge < -0.3 is 13.9 Å². The zero-order chi connectivity index (χ0) is 38.9. The van der Waals surface area contributed by atoms with Crippen LogP contribution in [0.15, 0.2) is 223 Å². The molecule has 0 radical (unpaired) electrons. The van der Waals surface area contributed by atoms with Crippen LogP contribution in [0.1, 0.15) is 0 Å². The van der Waals surface area contributed by atoms with E-state index in [1.54, 1.807) is 0 Å². The van der Waals surface area contributed by atoms with Crippen LogP contribution in [0.4, 0.5) is 17.1 Å². The number of benzene rings is 10. The summed E-state index contributed by atoms with van der Waals surface area (Å²) < 4.78 is 9.18. The molecule has 0 saturated carbocycles. The van der Waals surface area contributed by atoms with Crippen molar-refractivity contribution in [2.24, 2.45) is 0 Å². The second-order valence-electron chi connectivity index (χ2n) is 15.3. The Kier molecular flexibility index (Phi) is 7.54. The average molecular weight is 753 g/mol. The Morgan fingerprint density at radius 1 is 0.356 bits per heavy atom. The molecular weight excluding hydrogens is 717 g/mol. The topological polar surface area (TPSA) is 21.3 Å². The summed E-state index contributed by atoms with van der Waals surface area (Å²) in [6.07, 6.45) is 0. The van der Waals surface area contributed by atoms with Crippen molar-refractivity contribution < 1.29 is 4.42 Å². The van der Waals surface area contributed by atoms with Crippen molar-refractivity contribution in [2.75, 3.05) is 4.90 Å². The molecular formula is C56H36N2O. The first kappa shape index (κ1) is 33.3. The van der Waals surface area contributed by atoms with Gasteiger partial charge in [-0.2, -0.15) is 0 Å². The van der Waals surface area contributed by atoms with Gasteiger partial charge in [-0.05, 0) is 111 Å². The van der Waals surface area contributed by atoms with Gasteiger partial charge in [-0.25, -0.2) is 0 Å². The highest BCUT2D eigenvalue weighted by Gasteiger charge is 2.21. The summed E-state index contributed by atoms with van der Waals surface area (Å²) in [5.74, 6) is 0. The van der Waals surface area contributed by atoms with Gasteiger partial charge in [-0.15, -0.1) is 0 Å². The van der Waals surface area contributed by atoms with Gasteiger partial charge in [0.25, 0.3) is 0 Å². The van der Waals surface area contributed by atoms with Crippen LogP contribution in [0, 0.1) is 0 Å². The number of fused-ring (bicyclic) bond motifs is 10. The van der Waals surface area contributed by atoms with E-state index in [-0.39, 0.29) is 0 Å². The number of aromatic nitrogens is 1. The molecule has 59 heavy (non-hydrogen) atoms. The quantitative estimate of drug-likeness (QED) is 0.169. The Hall–Kier alpha value is -7.88. The van der Waals surface area contributed by atoms with Gasteiger partial charge in [-0.1, -0.05) is 146 Å². The fourth-order valence-corrected chi connectivity index (χ4v) is 9.23. The number of hydrogen-bond acceptors (Lipinski definition) is 2. The van der Waals surface area contributed by atoms with Gasteiger partial charge in [0.1, 0.15) is 11.2 Å². The molecule has 0 spiro atoms. The van der Waals surface area contributed by atoms with Gasteiger partial charge in [0.05, 0.1) is 11.0 Å². The third kappa shape index (κ3) is 5.36. The van der Waals surface area contributed by atoms with Crippen LogP contribution >= 0.6 is 0 Å². The molecule has 10 aromatic carbocycles. The summed E-state index contributed by atoms with van der Waals surface area (Å²) in [5, 5.41) is 9.58. The van der Waals surface area contributed by atoms with Crippen molar-refractivity contribution in [3.8, 4) is 27.9 Å². The lowest BCUT2D eigenvalue weighted by molar-refractivity contribution is 0.670. The zero-order valence-electron chi connectivity index (χ0n) is 32.1. The predicted octanol–water partition coefficient (Wildman–Crippen LogP) is 15.8. The minimum atomic E-state index is 0.905. The first-order valence-electron chi connectivity index (χ1n) is 20.2. The number of rotatable bonds is 6. The molecule has 0 amide bonds. The Morgan fingerprint density at radius 2 is 0.915 bits per heavy atom. The minimum absolute atomic E-state index is 0.905. The highest BCUT2D eigenvalue weighted by molar-refractivity contribution is 6.28. The maximum absolute atomic E-state index is 6.82. The summed E-state index contributed by atoms with van der Waals surface area (Å²) in [4.78, 5) is 2.37. The Balaban J connectivity index is 1.04. The first-order chi connectivity index (χ1) is 29.3. The molecule has 0 fully saturated rings. The van der Waals surface area contributed by atoms with E-state index >= 15 is 0 Å². The van der Waals surface area contributed by atoms with Gasteiger partial charge in [0.2, 0.25) is 0 Å². The van der Waals surface area contributed by atoms with Crippen molar-refractivity contribution in [1.29, 1.82) is 0 Å². The van der Waals surface area contributed by atoms with Crippen LogP contribution in [0.5, 0.6) is 0 Å². The fraction of sp³-hybridized carbons (Fsp3) is 0. The number of para-hydroxylation sites is 2. The number of anilines is 3. The Bertz CT molecular complexity index is 3530. The minimum Gasteiger partial charge on any atom is -0.455 e. The standard InChI is InChI=1S/C56H36N2O/c1-3-13-37(14-4-1)38-23-28-43(29-24-38)57(45-32-33-52-50(36-45)48-21-11-12-22-51(48)58(52)42-17-5-2-6-18-42)44-30-25-40(26-31-44)49-35-41-16-8-10-20-47(41)55-54-46-19-9-7-15-39(46)27-34-53(54)59-56(49)55/h1-36H. The number of nitrogens with zero attached hydrogens (tertiary/aromatic N) is 2. The number of hydrogen-bond donors (Lipinski definition) is 0. The molecule has 0 N–H and O–H groups in total. The van der Waals surface area contributed by atoms with Crippen molar-refractivity contribution >= 4 is 82.4 Å². The predicted molar refractivity (Wildman–Crippen MR) is 249 cm³/mol. The second-order valence-corrected chi connectivity index (χ2v) is 15.3. The lowest BCUT2D eigenvalue weighted by atomic mass is 9.94. The Labute approximate surface area is 341 Å². The maximum Gasteiger partial charge on any atom is 0.143 e. The third-order valence-electron chi connectivity index (χ3n) is 12.0. The SMILES string of the molecule is c1ccc(-c2ccc(N(c3ccc(-c4cc5ccccc5c5c4oc4ccc6ccccc6c45)cc3)c3ccc4c(c3)c3ccccc3n4-c3ccccc3)cc2)cc1. The summed E-state index contributed by atoms with van der Waals surface area (Å²) in [6, 6.07) is 78.6. The molecule has 12 rings (SSSR count). The molecule has 0 saturated heterocycles. The lowest BCUT2D eigenvalue weighted by Crippen LogP contribution is -2.10. The molecule has 0 bridgehead atoms. The first-order valence-corrected chi connectivity index (χ1v) is 20.2. The van der Waals surface area contributed by atoms with Gasteiger partial charge in [-0.3, -0.25) is 0 Å². The summed E-state index contributed by atoms with van der Waals surface area (Å²) in [5.41, 5.74) is 13.1. The van der Waals surface area contributed by atoms with Gasteiger partial charge >= 0.3 is 0 Å². The fourth-order valence-electron chi connectivity index (χ4n) is 9.23. The van der Waals surface area contributed by atoms with E-state index in [2.05, 4.69) is 228 Å². The van der Waals surface area contributed by atoms with Crippen molar-refractivity contribution in [3.63, 3.8) is 0 Å². The van der Waals surface area contributed by atoms with E-state index in [4.69, 9.17) is 4.42 Å². The van der Waals surface area contributed by atoms with Crippen LogP contribution in [0.3, 0.4) is 0 Å². The normalized spacial score (nSPS) is 11.7. The third-order valence-corrected chi connectivity index (χ3v) is 12.0. The lowest BCUT2D eigenvalue weighted by Gasteiger charge is -2.26. The van der Waals surface area contributed by atoms with E-state index in [1.807, 2.05) is 0 Å². The molecule has 12 aromatic rings. The van der Waals surface area contributed by atoms with Crippen LogP contribution in [-0.2, 0) is 0 Å². The van der Waals surface area contributed by atoms with E-state index in [9.17, 15) is 0 Å². The van der Waals surface area contributed by atoms with Crippen LogP contribution in [-0.4, -0.2) is 4.57 Å². The molecule has 0 aliphatic rings. The summed E-state index contributed by atoms with van der Waals surface area (Å²) in [6.45, 7) is 0. The largest absolute Gasteiger partial charge is 0.455 e. The van der Waals surface area contributed by atoms with E-state index in [0.29, 0.717) is 0 Å². The molecule has 0 aliphatic carbocycles. The monoisotopic (exact) mass is 752 g/mol. The molecule has 276 valence electrons. The van der Waals surface area contributed by atoms with E-state index < -0.39 is 0 Å². The summed E-state index contributed by atoms with van der Waals surface area (Å²) in [7, 11) is 0. The zero-order valence-corrected chi connectivity index (χ0v) is 32.1. The number of furan rings is 1. The molecule has 0 aliphatic heterocycles. The van der Waals surface area contributed by atoms with Crippen LogP contribution in [0.25, 0.3) is 93.2 Å². The van der Waals surface area contributed by atoms with Gasteiger partial charge in [0.15, 0.2) is 0 Å². The highest BCUT2D eigenvalue weighted by Crippen LogP contribution is 2.45. The van der Waals surface area contributed by atoms with Gasteiger partial charge in [0, 0.05) is 49.9 Å². The average Bonchev–Trinajstić information content (AvgIpc) is 3.87. The molecule has 0 unspecified atom stereocenters. The van der Waals surface area contributed by atoms with Crippen LogP contribution in [0.2, 0.25) is 0 Å². The molecule has 3 nitrogen and oxygen atoms in total. The highest BCUT2D eigenvalue weighted by atomic mass is 16.3. The summed E-state index contributed by atoms with van der Waals surface area (Å²) >= 11 is 0. The molecule has 0 atom stereocenters.